The van der Waals surface area contributed by atoms with Gasteiger partial charge in [-0.15, -0.1) is 11.3 Å². The summed E-state index contributed by atoms with van der Waals surface area (Å²) >= 11 is 7.11. The number of hydrogen-bond donors (Lipinski definition) is 2. The number of carbonyl (C=O) groups is 2. The minimum Gasteiger partial charge on any atom is -0.468 e. The summed E-state index contributed by atoms with van der Waals surface area (Å²) in [4.78, 5) is 30.4. The number of ether oxygens (including phenoxy) is 1. The summed E-state index contributed by atoms with van der Waals surface area (Å²) in [6, 6.07) is 9.10. The van der Waals surface area contributed by atoms with Gasteiger partial charge in [0.1, 0.15) is 10.4 Å². The fourth-order valence-electron chi connectivity index (χ4n) is 4.35. The Kier molecular flexibility index (Phi) is 7.56. The van der Waals surface area contributed by atoms with Crippen molar-refractivity contribution in [3.63, 3.8) is 0 Å². The molecule has 190 valence electrons. The van der Waals surface area contributed by atoms with Crippen LogP contribution in [0.15, 0.2) is 48.7 Å². The van der Waals surface area contributed by atoms with Crippen LogP contribution < -0.4 is 10.6 Å². The van der Waals surface area contributed by atoms with Crippen LogP contribution >= 0.6 is 22.9 Å². The number of rotatable bonds is 5. The van der Waals surface area contributed by atoms with E-state index in [0.717, 1.165) is 46.8 Å². The van der Waals surface area contributed by atoms with Crippen molar-refractivity contribution >= 4 is 46.3 Å². The molecule has 1 aromatic heterocycles. The quantitative estimate of drug-likeness (QED) is 0.330. The molecule has 3 aromatic rings. The Bertz CT molecular complexity index is 1260. The lowest BCUT2D eigenvalue weighted by molar-refractivity contribution is -0.149. The maximum Gasteiger partial charge on any atom is 0.418 e. The molecule has 1 aliphatic rings. The molecule has 1 heterocycles. The highest BCUT2D eigenvalue weighted by Crippen LogP contribution is 2.44. The van der Waals surface area contributed by atoms with Crippen LogP contribution in [0.1, 0.15) is 42.7 Å². The summed E-state index contributed by atoms with van der Waals surface area (Å²) in [6.45, 7) is 0. The first-order chi connectivity index (χ1) is 17.1. The summed E-state index contributed by atoms with van der Waals surface area (Å²) in [5.74, 6) is -0.261. The van der Waals surface area contributed by atoms with Crippen molar-refractivity contribution in [2.45, 2.75) is 43.7 Å². The molecule has 1 fully saturated rings. The number of aromatic nitrogens is 1. The number of thiazole rings is 1. The Morgan fingerprint density at radius 1 is 1.06 bits per heavy atom. The maximum absolute atomic E-state index is 13.3. The largest absolute Gasteiger partial charge is 0.468 e. The van der Waals surface area contributed by atoms with E-state index in [-0.39, 0.29) is 11.0 Å². The highest BCUT2D eigenvalue weighted by atomic mass is 35.5. The number of benzene rings is 2. The molecule has 2 N–H and O–H groups in total. The van der Waals surface area contributed by atoms with Crippen molar-refractivity contribution in [1.82, 2.24) is 4.98 Å². The monoisotopic (exact) mass is 537 g/mol. The molecule has 4 rings (SSSR count). The molecule has 0 bridgehead atoms. The number of esters is 1. The van der Waals surface area contributed by atoms with Crippen molar-refractivity contribution in [3.05, 3.63) is 64.3 Å². The second kappa shape index (κ2) is 10.5. The first-order valence-electron chi connectivity index (χ1n) is 11.2. The maximum atomic E-state index is 13.3. The Balaban J connectivity index is 1.47. The second-order valence-corrected chi connectivity index (χ2v) is 9.98. The topological polar surface area (TPSA) is 80.3 Å². The lowest BCUT2D eigenvalue weighted by atomic mass is 9.74. The highest BCUT2D eigenvalue weighted by Gasteiger charge is 2.44. The molecule has 0 saturated heterocycles. The van der Waals surface area contributed by atoms with E-state index >= 15 is 0 Å². The second-order valence-electron chi connectivity index (χ2n) is 8.51. The summed E-state index contributed by atoms with van der Waals surface area (Å²) in [5.41, 5.74) is -0.934. The van der Waals surface area contributed by atoms with Gasteiger partial charge in [0, 0.05) is 16.9 Å². The molecule has 2 aromatic carbocycles. The van der Waals surface area contributed by atoms with E-state index < -0.39 is 28.9 Å². The molecule has 36 heavy (non-hydrogen) atoms. The average Bonchev–Trinajstić information content (AvgIpc) is 3.36. The summed E-state index contributed by atoms with van der Waals surface area (Å²) in [6.07, 6.45) is 1.40. The fraction of sp³-hybridized carbons (Fsp3) is 0.320. The first kappa shape index (κ1) is 26.0. The predicted octanol–water partition coefficient (Wildman–Crippen LogP) is 7.50. The molecule has 6 nitrogen and oxygen atoms in total. The Hall–Kier alpha value is -3.11. The number of hydrogen-bond acceptors (Lipinski definition) is 5. The third-order valence-corrected chi connectivity index (χ3v) is 7.65. The van der Waals surface area contributed by atoms with Crippen LogP contribution in [0.5, 0.6) is 0 Å². The van der Waals surface area contributed by atoms with Gasteiger partial charge >= 0.3 is 18.2 Å². The van der Waals surface area contributed by atoms with Crippen LogP contribution in [-0.2, 0) is 21.1 Å². The van der Waals surface area contributed by atoms with Gasteiger partial charge in [0.05, 0.1) is 23.2 Å². The lowest BCUT2D eigenvalue weighted by Gasteiger charge is -2.32. The number of carbonyl (C=O) groups excluding carboxylic acids is 2. The van der Waals surface area contributed by atoms with Crippen LogP contribution in [0.2, 0.25) is 5.02 Å². The molecular weight excluding hydrogens is 515 g/mol. The average molecular weight is 538 g/mol. The minimum atomic E-state index is -4.67. The first-order valence-corrected chi connectivity index (χ1v) is 12.4. The zero-order valence-electron chi connectivity index (χ0n) is 19.2. The number of nitrogens with one attached hydrogen (secondary N) is 2. The number of alkyl halides is 3. The van der Waals surface area contributed by atoms with Gasteiger partial charge < -0.3 is 15.4 Å². The smallest absolute Gasteiger partial charge is 0.418 e. The van der Waals surface area contributed by atoms with Gasteiger partial charge in [-0.1, -0.05) is 43.0 Å². The molecule has 2 amide bonds. The zero-order valence-corrected chi connectivity index (χ0v) is 20.8. The summed E-state index contributed by atoms with van der Waals surface area (Å²) < 4.78 is 44.9. The van der Waals surface area contributed by atoms with Crippen LogP contribution in [-0.4, -0.2) is 24.1 Å². The number of urea groups is 1. The Morgan fingerprint density at radius 2 is 1.75 bits per heavy atom. The fourth-order valence-corrected chi connectivity index (χ4v) is 5.68. The van der Waals surface area contributed by atoms with Gasteiger partial charge in [-0.05, 0) is 48.7 Å². The van der Waals surface area contributed by atoms with Gasteiger partial charge in [0.2, 0.25) is 0 Å². The summed E-state index contributed by atoms with van der Waals surface area (Å²) in [7, 11) is 1.39. The molecule has 1 aliphatic carbocycles. The van der Waals surface area contributed by atoms with E-state index in [4.69, 9.17) is 16.3 Å². The summed E-state index contributed by atoms with van der Waals surface area (Å²) in [5, 5.41) is 5.39. The van der Waals surface area contributed by atoms with Gasteiger partial charge in [0.25, 0.3) is 0 Å². The standard InChI is InChI=1S/C25H23ClF3N3O3S/c1-35-22(33)24(11-3-2-4-12-24)21-30-14-20(36-21)15-5-8-17(9-6-15)31-23(34)32-19-10-7-16(26)13-18(19)25(27,28)29/h5-10,13-14H,2-4,11-12H2,1H3,(H2,31,32,34). The van der Waals surface area contributed by atoms with E-state index in [9.17, 15) is 22.8 Å². The SMILES string of the molecule is COC(=O)C1(c2ncc(-c3ccc(NC(=O)Nc4ccc(Cl)cc4C(F)(F)F)cc3)s2)CCCCC1. The molecule has 1 saturated carbocycles. The number of methoxy groups -OCH3 is 1. The molecule has 0 unspecified atom stereocenters. The number of halogens is 4. The van der Waals surface area contributed by atoms with E-state index in [1.807, 2.05) is 0 Å². The Labute approximate surface area is 214 Å². The molecule has 0 radical (unpaired) electrons. The van der Waals surface area contributed by atoms with Crippen LogP contribution in [0.25, 0.3) is 10.4 Å². The van der Waals surface area contributed by atoms with Gasteiger partial charge in [-0.25, -0.2) is 9.78 Å². The van der Waals surface area contributed by atoms with E-state index in [1.165, 1.54) is 24.5 Å². The van der Waals surface area contributed by atoms with E-state index in [1.54, 1.807) is 30.5 Å². The van der Waals surface area contributed by atoms with Crippen molar-refractivity contribution in [1.29, 1.82) is 0 Å². The van der Waals surface area contributed by atoms with E-state index in [2.05, 4.69) is 15.6 Å². The lowest BCUT2D eigenvalue weighted by Crippen LogP contribution is -2.38. The normalized spacial score (nSPS) is 15.2. The van der Waals surface area contributed by atoms with Crippen LogP contribution in [0.3, 0.4) is 0 Å². The molecule has 0 spiro atoms. The highest BCUT2D eigenvalue weighted by molar-refractivity contribution is 7.15. The van der Waals surface area contributed by atoms with Crippen LogP contribution in [0, 0.1) is 0 Å². The number of anilines is 2. The molecule has 11 heteroatoms. The van der Waals surface area contributed by atoms with Gasteiger partial charge in [-0.2, -0.15) is 13.2 Å². The number of nitrogens with zero attached hydrogens (tertiary/aromatic N) is 1. The van der Waals surface area contributed by atoms with Gasteiger partial charge in [0.15, 0.2) is 0 Å². The van der Waals surface area contributed by atoms with Crippen molar-refractivity contribution in [3.8, 4) is 10.4 Å². The Morgan fingerprint density at radius 3 is 2.39 bits per heavy atom. The molecular formula is C25H23ClF3N3O3S. The number of amides is 2. The third-order valence-electron chi connectivity index (χ3n) is 6.16. The molecule has 0 atom stereocenters. The predicted molar refractivity (Wildman–Crippen MR) is 133 cm³/mol. The van der Waals surface area contributed by atoms with Crippen molar-refractivity contribution < 1.29 is 27.5 Å². The minimum absolute atomic E-state index is 0.0870. The van der Waals surface area contributed by atoms with E-state index in [0.29, 0.717) is 18.5 Å². The van der Waals surface area contributed by atoms with Crippen molar-refractivity contribution in [2.75, 3.05) is 17.7 Å². The zero-order chi connectivity index (χ0) is 25.9. The van der Waals surface area contributed by atoms with Crippen molar-refractivity contribution in [2.24, 2.45) is 0 Å². The van der Waals surface area contributed by atoms with Gasteiger partial charge in [-0.3, -0.25) is 4.79 Å². The molecule has 0 aliphatic heterocycles. The third kappa shape index (κ3) is 5.49. The van der Waals surface area contributed by atoms with Crippen LogP contribution in [0.4, 0.5) is 29.3 Å².